The standard InChI is InChI=1S/C21H18N4/c1-2-14-10-16-5-6-18-12-20-8-7-19-11-17-4-3-15-9-13(1)22(14)21(23(15)17,24(16)18)25(19)20/h1-7,20H,8-12H2/t20?,21-/m0/s1. The molecule has 0 bridgehead atoms. The number of allylic oxidation sites excluding steroid dienone is 1. The molecule has 122 valence electrons. The molecule has 1 unspecified atom stereocenters. The van der Waals surface area contributed by atoms with E-state index in [4.69, 9.17) is 0 Å². The third-order valence-corrected chi connectivity index (χ3v) is 7.18. The summed E-state index contributed by atoms with van der Waals surface area (Å²) in [6, 6.07) is 14.8. The van der Waals surface area contributed by atoms with Gasteiger partial charge in [0, 0.05) is 71.6 Å². The first-order valence-corrected chi connectivity index (χ1v) is 9.44. The molecule has 0 aliphatic carbocycles. The average molecular weight is 326 g/mol. The molecule has 3 aromatic heterocycles. The molecule has 4 heteroatoms. The number of hydrogen-bond acceptors (Lipinski definition) is 1. The fraction of sp³-hybridized carbons (Fsp3) is 0.333. The predicted molar refractivity (Wildman–Crippen MR) is 93.4 cm³/mol. The molecular weight excluding hydrogens is 308 g/mol. The van der Waals surface area contributed by atoms with Gasteiger partial charge in [0.15, 0.2) is 0 Å². The molecule has 25 heavy (non-hydrogen) atoms. The van der Waals surface area contributed by atoms with Crippen LogP contribution in [0.5, 0.6) is 0 Å². The van der Waals surface area contributed by atoms with Gasteiger partial charge in [-0.1, -0.05) is 6.08 Å². The zero-order chi connectivity index (χ0) is 15.9. The molecule has 1 spiro atoms. The molecule has 8 heterocycles. The van der Waals surface area contributed by atoms with Gasteiger partial charge >= 0.3 is 0 Å². The molecule has 0 N–H and O–H groups in total. The van der Waals surface area contributed by atoms with E-state index in [9.17, 15) is 0 Å². The molecule has 0 amide bonds. The van der Waals surface area contributed by atoms with Crippen LogP contribution in [0.15, 0.2) is 48.2 Å². The Morgan fingerprint density at radius 2 is 1.20 bits per heavy atom. The zero-order valence-electron chi connectivity index (χ0n) is 13.9. The summed E-state index contributed by atoms with van der Waals surface area (Å²) >= 11 is 0. The van der Waals surface area contributed by atoms with E-state index in [1.54, 1.807) is 0 Å². The van der Waals surface area contributed by atoms with Crippen LogP contribution < -0.4 is 0 Å². The smallest absolute Gasteiger partial charge is 0.289 e. The highest BCUT2D eigenvalue weighted by atomic mass is 15.7. The Bertz CT molecular complexity index is 1140. The quantitative estimate of drug-likeness (QED) is 0.621. The van der Waals surface area contributed by atoms with Gasteiger partial charge in [0.25, 0.3) is 5.91 Å². The third kappa shape index (κ3) is 1.01. The van der Waals surface area contributed by atoms with Crippen LogP contribution >= 0.6 is 0 Å². The van der Waals surface area contributed by atoms with Crippen molar-refractivity contribution in [3.63, 3.8) is 0 Å². The predicted octanol–water partition coefficient (Wildman–Crippen LogP) is 2.63. The van der Waals surface area contributed by atoms with Crippen molar-refractivity contribution >= 4 is 0 Å². The zero-order valence-corrected chi connectivity index (χ0v) is 13.9. The molecule has 0 saturated carbocycles. The van der Waals surface area contributed by atoms with Gasteiger partial charge in [0.1, 0.15) is 0 Å². The number of hydrogen-bond donors (Lipinski definition) is 0. The molecular formula is C21H18N4. The fourth-order valence-corrected chi connectivity index (χ4v) is 6.48. The van der Waals surface area contributed by atoms with E-state index in [1.165, 1.54) is 52.7 Å². The largest absolute Gasteiger partial charge is 0.313 e. The Morgan fingerprint density at radius 3 is 1.84 bits per heavy atom. The normalized spacial score (nSPS) is 28.7. The highest BCUT2D eigenvalue weighted by molar-refractivity contribution is 5.44. The minimum absolute atomic E-state index is 0.240. The molecule has 5 aliphatic heterocycles. The van der Waals surface area contributed by atoms with E-state index in [0.717, 1.165) is 19.3 Å². The SMILES string of the molecule is C1=C2Cc3ccc4n3[C@]35N2C(C1)Cc1ccc(n13)Cc1ccc(n15)C4. The Morgan fingerprint density at radius 1 is 0.680 bits per heavy atom. The van der Waals surface area contributed by atoms with Crippen molar-refractivity contribution in [3.8, 4) is 0 Å². The molecule has 0 radical (unpaired) electrons. The summed E-state index contributed by atoms with van der Waals surface area (Å²) in [5.41, 5.74) is 10.4. The minimum atomic E-state index is -0.240. The first-order chi connectivity index (χ1) is 12.4. The van der Waals surface area contributed by atoms with Crippen LogP contribution in [0, 0.1) is 0 Å². The highest BCUT2D eigenvalue weighted by Gasteiger charge is 2.59. The van der Waals surface area contributed by atoms with E-state index in [1.807, 2.05) is 0 Å². The Kier molecular flexibility index (Phi) is 1.59. The van der Waals surface area contributed by atoms with Gasteiger partial charge in [-0.25, -0.2) is 0 Å². The van der Waals surface area contributed by atoms with Crippen molar-refractivity contribution in [2.75, 3.05) is 0 Å². The summed E-state index contributed by atoms with van der Waals surface area (Å²) in [5, 5.41) is 0. The van der Waals surface area contributed by atoms with E-state index in [-0.39, 0.29) is 5.91 Å². The summed E-state index contributed by atoms with van der Waals surface area (Å²) < 4.78 is 8.01. The van der Waals surface area contributed by atoms with Gasteiger partial charge in [-0.15, -0.1) is 0 Å². The van der Waals surface area contributed by atoms with E-state index in [2.05, 4.69) is 61.1 Å². The molecule has 2 atom stereocenters. The fourth-order valence-electron chi connectivity index (χ4n) is 6.48. The summed E-state index contributed by atoms with van der Waals surface area (Å²) in [6.45, 7) is 0. The maximum absolute atomic E-state index is 2.77. The summed E-state index contributed by atoms with van der Waals surface area (Å²) in [4.78, 5) is 2.77. The lowest BCUT2D eigenvalue weighted by atomic mass is 10.00. The van der Waals surface area contributed by atoms with Gasteiger partial charge in [0.2, 0.25) is 0 Å². The Hall–Kier alpha value is -2.62. The van der Waals surface area contributed by atoms with Crippen LogP contribution in [0.25, 0.3) is 0 Å². The second-order valence-corrected chi connectivity index (χ2v) is 8.24. The van der Waals surface area contributed by atoms with Crippen LogP contribution in [-0.4, -0.2) is 24.6 Å². The van der Waals surface area contributed by atoms with Crippen LogP contribution in [0.2, 0.25) is 0 Å². The van der Waals surface area contributed by atoms with Gasteiger partial charge in [0.05, 0.1) is 0 Å². The average Bonchev–Trinajstić information content (AvgIpc) is 3.38. The van der Waals surface area contributed by atoms with Crippen molar-refractivity contribution < 1.29 is 0 Å². The van der Waals surface area contributed by atoms with Gasteiger partial charge in [-0.05, 0) is 42.8 Å². The van der Waals surface area contributed by atoms with Crippen LogP contribution in [-0.2, 0) is 31.6 Å². The van der Waals surface area contributed by atoms with Crippen molar-refractivity contribution in [3.05, 3.63) is 82.3 Å². The molecule has 8 rings (SSSR count). The van der Waals surface area contributed by atoms with E-state index < -0.39 is 0 Å². The molecule has 5 aliphatic rings. The lowest BCUT2D eigenvalue weighted by Crippen LogP contribution is -2.70. The Balaban J connectivity index is 1.66. The van der Waals surface area contributed by atoms with Crippen LogP contribution in [0.3, 0.4) is 0 Å². The molecule has 3 aromatic rings. The summed E-state index contributed by atoms with van der Waals surface area (Å²) in [6.07, 6.45) is 8.03. The number of rotatable bonds is 0. The van der Waals surface area contributed by atoms with Crippen molar-refractivity contribution in [2.24, 2.45) is 0 Å². The second-order valence-electron chi connectivity index (χ2n) is 8.24. The number of aromatic nitrogens is 3. The van der Waals surface area contributed by atoms with Crippen LogP contribution in [0.4, 0.5) is 0 Å². The Labute approximate surface area is 145 Å². The van der Waals surface area contributed by atoms with Gasteiger partial charge < -0.3 is 4.90 Å². The molecule has 4 nitrogen and oxygen atoms in total. The molecule has 0 aromatic carbocycles. The topological polar surface area (TPSA) is 18.0 Å². The monoisotopic (exact) mass is 326 g/mol. The molecule has 0 saturated heterocycles. The maximum atomic E-state index is 2.77. The van der Waals surface area contributed by atoms with Crippen molar-refractivity contribution in [2.45, 2.75) is 44.1 Å². The summed E-state index contributed by atoms with van der Waals surface area (Å²) in [7, 11) is 0. The van der Waals surface area contributed by atoms with Gasteiger partial charge in [-0.3, -0.25) is 13.7 Å². The first kappa shape index (κ1) is 11.9. The minimum Gasteiger partial charge on any atom is -0.313 e. The first-order valence-electron chi connectivity index (χ1n) is 9.44. The highest BCUT2D eigenvalue weighted by Crippen LogP contribution is 2.53. The summed E-state index contributed by atoms with van der Waals surface area (Å²) in [5.74, 6) is -0.240. The van der Waals surface area contributed by atoms with E-state index >= 15 is 0 Å². The number of nitrogens with zero attached hydrogens (tertiary/aromatic N) is 4. The lowest BCUT2D eigenvalue weighted by Gasteiger charge is -2.60. The van der Waals surface area contributed by atoms with Crippen molar-refractivity contribution in [1.82, 2.24) is 18.6 Å². The van der Waals surface area contributed by atoms with E-state index in [0.29, 0.717) is 6.04 Å². The van der Waals surface area contributed by atoms with Gasteiger partial charge in [-0.2, -0.15) is 0 Å². The molecule has 0 fully saturated rings. The second kappa shape index (κ2) is 3.36. The lowest BCUT2D eigenvalue weighted by molar-refractivity contribution is -0.0822. The third-order valence-electron chi connectivity index (χ3n) is 7.18. The van der Waals surface area contributed by atoms with Crippen LogP contribution in [0.1, 0.15) is 40.6 Å². The van der Waals surface area contributed by atoms with Crippen molar-refractivity contribution in [1.29, 1.82) is 0 Å². The maximum Gasteiger partial charge on any atom is 0.289 e.